The van der Waals surface area contributed by atoms with Crippen LogP contribution in [0, 0.1) is 0 Å². The van der Waals surface area contributed by atoms with Gasteiger partial charge in [-0.3, -0.25) is 0 Å². The van der Waals surface area contributed by atoms with Crippen molar-refractivity contribution >= 4 is 29.8 Å². The fraction of sp³-hybridized carbons (Fsp3) is 0.417. The van der Waals surface area contributed by atoms with Gasteiger partial charge in [0.2, 0.25) is 0 Å². The summed E-state index contributed by atoms with van der Waals surface area (Å²) in [6, 6.07) is 3.87. The van der Waals surface area contributed by atoms with Crippen molar-refractivity contribution in [2.75, 3.05) is 31.1 Å². The molecule has 146 valence electrons. The molecule has 1 aromatic rings. The van der Waals surface area contributed by atoms with E-state index >= 15 is 0 Å². The molecule has 13 heteroatoms. The largest absolute Gasteiger partial charge is 0.507 e. The van der Waals surface area contributed by atoms with Gasteiger partial charge in [0.1, 0.15) is 11.3 Å². The van der Waals surface area contributed by atoms with Crippen molar-refractivity contribution in [2.45, 2.75) is 6.42 Å². The number of aromatic carboxylic acids is 1. The first-order chi connectivity index (χ1) is 11.7. The number of carbonyl (C=O) groups is 1. The van der Waals surface area contributed by atoms with Crippen LogP contribution in [0.25, 0.3) is 0 Å². The highest BCUT2D eigenvalue weighted by atomic mass is 32.7. The summed E-state index contributed by atoms with van der Waals surface area (Å²) in [6.45, 7) is -1.82. The summed E-state index contributed by atoms with van der Waals surface area (Å²) in [5, 5.41) is 27.0. The molecule has 11 nitrogen and oxygen atoms in total. The Bertz CT molecular complexity index is 544. The van der Waals surface area contributed by atoms with Gasteiger partial charge in [-0.2, -0.15) is 0 Å². The number of anilines is 1. The minimum atomic E-state index is -3.87. The fourth-order valence-electron chi connectivity index (χ4n) is 1.32. The van der Waals surface area contributed by atoms with Crippen LogP contribution in [0.1, 0.15) is 16.8 Å². The molecule has 1 rings (SSSR count). The van der Waals surface area contributed by atoms with Gasteiger partial charge in [-0.25, -0.2) is 15.3 Å². The van der Waals surface area contributed by atoms with Gasteiger partial charge in [-0.05, 0) is 43.0 Å². The van der Waals surface area contributed by atoms with Crippen molar-refractivity contribution in [2.24, 2.45) is 11.6 Å². The molecule has 0 heterocycles. The zero-order valence-electron chi connectivity index (χ0n) is 13.4. The van der Waals surface area contributed by atoms with Crippen molar-refractivity contribution in [3.05, 3.63) is 23.8 Å². The number of carboxylic acid groups (broad SMARTS) is 1. The van der Waals surface area contributed by atoms with Gasteiger partial charge in [0.15, 0.2) is 0 Å². The van der Waals surface area contributed by atoms with E-state index in [1.54, 1.807) is 0 Å². The van der Waals surface area contributed by atoms with E-state index in [-0.39, 0.29) is 11.3 Å². The number of carboxylic acids is 1. The molecule has 12 N–H and O–H groups in total. The lowest BCUT2D eigenvalue weighted by atomic mass is 10.2. The van der Waals surface area contributed by atoms with Gasteiger partial charge in [-0.15, -0.1) is 0 Å². The SMILES string of the molecule is NCCCNCCSP(=O)(O)O.NO.Nc1ccc(C(=O)O)c(O)c1. The normalized spacial score (nSPS) is 10.1. The van der Waals surface area contributed by atoms with Crippen LogP contribution in [0.2, 0.25) is 0 Å². The molecule has 0 aliphatic heterocycles. The van der Waals surface area contributed by atoms with E-state index in [9.17, 15) is 9.36 Å². The van der Waals surface area contributed by atoms with Crippen LogP contribution < -0.4 is 22.7 Å². The van der Waals surface area contributed by atoms with Gasteiger partial charge in [0.05, 0.1) is 0 Å². The number of benzene rings is 1. The third-order valence-electron chi connectivity index (χ3n) is 2.35. The first-order valence-electron chi connectivity index (χ1n) is 6.86. The molecule has 0 aromatic heterocycles. The molecule has 25 heavy (non-hydrogen) atoms. The summed E-state index contributed by atoms with van der Waals surface area (Å²) >= 11 is 0.665. The Hall–Kier alpha value is -1.37. The third kappa shape index (κ3) is 15.9. The molecule has 0 unspecified atom stereocenters. The predicted octanol–water partition coefficient (Wildman–Crippen LogP) is -0.242. The van der Waals surface area contributed by atoms with Crippen molar-refractivity contribution in [1.82, 2.24) is 5.32 Å². The van der Waals surface area contributed by atoms with E-state index in [1.807, 2.05) is 0 Å². The van der Waals surface area contributed by atoms with E-state index in [1.165, 1.54) is 18.2 Å². The molecule has 0 saturated carbocycles. The second-order valence-electron chi connectivity index (χ2n) is 4.30. The fourth-order valence-corrected chi connectivity index (χ4v) is 2.78. The maximum Gasteiger partial charge on any atom is 0.384 e. The van der Waals surface area contributed by atoms with Crippen molar-refractivity contribution in [3.8, 4) is 5.75 Å². The number of nitrogens with one attached hydrogen (secondary N) is 1. The molecule has 0 fully saturated rings. The van der Waals surface area contributed by atoms with Crippen LogP contribution in [0.15, 0.2) is 18.2 Å². The number of rotatable bonds is 8. The van der Waals surface area contributed by atoms with E-state index in [4.69, 9.17) is 36.7 Å². The predicted molar refractivity (Wildman–Crippen MR) is 96.5 cm³/mol. The van der Waals surface area contributed by atoms with E-state index < -0.39 is 12.8 Å². The highest BCUT2D eigenvalue weighted by Crippen LogP contribution is 2.49. The van der Waals surface area contributed by atoms with Crippen LogP contribution in [0.4, 0.5) is 5.69 Å². The maximum absolute atomic E-state index is 10.3. The van der Waals surface area contributed by atoms with Crippen LogP contribution in [0.3, 0.4) is 0 Å². The number of nitrogens with two attached hydrogens (primary N) is 3. The van der Waals surface area contributed by atoms with Crippen LogP contribution in [-0.2, 0) is 4.57 Å². The Morgan fingerprint density at radius 2 is 1.84 bits per heavy atom. The van der Waals surface area contributed by atoms with Gasteiger partial charge in [0.25, 0.3) is 0 Å². The lowest BCUT2D eigenvalue weighted by Crippen LogP contribution is -2.20. The summed E-state index contributed by atoms with van der Waals surface area (Å²) < 4.78 is 10.3. The van der Waals surface area contributed by atoms with E-state index in [0.717, 1.165) is 13.0 Å². The maximum atomic E-state index is 10.3. The Kier molecular flexibility index (Phi) is 15.4. The van der Waals surface area contributed by atoms with Crippen LogP contribution in [-0.4, -0.2) is 56.6 Å². The second-order valence-corrected chi connectivity index (χ2v) is 8.15. The highest BCUT2D eigenvalue weighted by Gasteiger charge is 2.11. The average Bonchev–Trinajstić information content (AvgIpc) is 2.52. The summed E-state index contributed by atoms with van der Waals surface area (Å²) in [7, 11) is 0. The summed E-state index contributed by atoms with van der Waals surface area (Å²) in [5.74, 6) is 2.45. The summed E-state index contributed by atoms with van der Waals surface area (Å²) in [5.41, 5.74) is 10.7. The van der Waals surface area contributed by atoms with Crippen molar-refractivity contribution in [1.29, 1.82) is 0 Å². The minimum absolute atomic E-state index is 0.140. The zero-order chi connectivity index (χ0) is 19.9. The average molecular weight is 400 g/mol. The lowest BCUT2D eigenvalue weighted by molar-refractivity contribution is 0.0693. The molecule has 1 aromatic carbocycles. The first-order valence-corrected chi connectivity index (χ1v) is 10.1. The van der Waals surface area contributed by atoms with Gasteiger partial charge in [-0.1, -0.05) is 0 Å². The number of aromatic hydroxyl groups is 1. The molecule has 0 spiro atoms. The summed E-state index contributed by atoms with van der Waals surface area (Å²) in [6.07, 6.45) is 0.889. The first kappa shape index (κ1) is 25.9. The molecule has 0 atom stereocenters. The van der Waals surface area contributed by atoms with Crippen LogP contribution in [0.5, 0.6) is 5.75 Å². The molecule has 0 aliphatic carbocycles. The molecule has 0 radical (unpaired) electrons. The molecule has 0 bridgehead atoms. The smallest absolute Gasteiger partial charge is 0.384 e. The number of phenols is 1. The van der Waals surface area contributed by atoms with Crippen LogP contribution >= 0.6 is 18.2 Å². The van der Waals surface area contributed by atoms with Gasteiger partial charge >= 0.3 is 12.8 Å². The van der Waals surface area contributed by atoms with Crippen molar-refractivity contribution < 1.29 is 34.6 Å². The van der Waals surface area contributed by atoms with Gasteiger partial charge in [0, 0.05) is 24.1 Å². The molecule has 0 saturated heterocycles. The van der Waals surface area contributed by atoms with E-state index in [0.29, 0.717) is 35.9 Å². The van der Waals surface area contributed by atoms with E-state index in [2.05, 4.69) is 11.2 Å². The zero-order valence-corrected chi connectivity index (χ0v) is 15.1. The standard InChI is InChI=1S/C7H7NO3.C5H15N2O3PS.H3NO/c8-4-1-2-5(7(10)11)6(9)3-4;6-2-1-3-7-4-5-12-11(8,9)10;1-2/h1-3,9H,8H2,(H,10,11);7H,1-6H2,(H2,8,9,10);2H,1H2. The summed E-state index contributed by atoms with van der Waals surface area (Å²) in [4.78, 5) is 27.2. The molecule has 0 amide bonds. The number of nitrogen functional groups attached to an aromatic ring is 1. The Balaban J connectivity index is 0. The monoisotopic (exact) mass is 400 g/mol. The number of hydrogen-bond donors (Lipinski definition) is 9. The molecular formula is C12H25N4O7PS. The minimum Gasteiger partial charge on any atom is -0.507 e. The Morgan fingerprint density at radius 1 is 1.24 bits per heavy atom. The topological polar surface area (TPSA) is 225 Å². The second kappa shape index (κ2) is 14.9. The molecular weight excluding hydrogens is 375 g/mol. The highest BCUT2D eigenvalue weighted by molar-refractivity contribution is 8.54. The Morgan fingerprint density at radius 3 is 2.28 bits per heavy atom. The lowest BCUT2D eigenvalue weighted by Gasteiger charge is -2.04. The number of hydrogen-bond acceptors (Lipinski definition) is 9. The quantitative estimate of drug-likeness (QED) is 0.119. The van der Waals surface area contributed by atoms with Gasteiger partial charge < -0.3 is 42.0 Å². The third-order valence-corrected chi connectivity index (χ3v) is 4.63. The molecule has 0 aliphatic rings. The van der Waals surface area contributed by atoms with Crippen molar-refractivity contribution in [3.63, 3.8) is 0 Å². The Labute approximate surface area is 149 Å².